The average molecular weight is 354 g/mol. The molecule has 3 rings (SSSR count). The van der Waals surface area contributed by atoms with Gasteiger partial charge in [-0.3, -0.25) is 9.89 Å². The summed E-state index contributed by atoms with van der Waals surface area (Å²) in [4.78, 5) is 12.3. The molecule has 2 aromatic heterocycles. The van der Waals surface area contributed by atoms with Gasteiger partial charge < -0.3 is 15.2 Å². The third-order valence-corrected chi connectivity index (χ3v) is 4.43. The van der Waals surface area contributed by atoms with E-state index in [0.717, 1.165) is 42.8 Å². The Hall–Kier alpha value is -1.86. The van der Waals surface area contributed by atoms with E-state index in [4.69, 9.17) is 4.52 Å². The molecular formula is C16H24ClN5O2. The van der Waals surface area contributed by atoms with E-state index >= 15 is 0 Å². The van der Waals surface area contributed by atoms with E-state index in [-0.39, 0.29) is 18.3 Å². The molecule has 0 bridgehead atoms. The first-order chi connectivity index (χ1) is 11.2. The van der Waals surface area contributed by atoms with Gasteiger partial charge in [0.15, 0.2) is 11.5 Å². The highest BCUT2D eigenvalue weighted by Crippen LogP contribution is 2.22. The number of amides is 1. The molecule has 7 nitrogen and oxygen atoms in total. The number of aromatic amines is 1. The maximum atomic E-state index is 12.3. The Bertz CT molecular complexity index is 678. The Morgan fingerprint density at radius 1 is 1.42 bits per heavy atom. The summed E-state index contributed by atoms with van der Waals surface area (Å²) in [6.45, 7) is 6.18. The summed E-state index contributed by atoms with van der Waals surface area (Å²) in [5.74, 6) is 0.891. The molecule has 3 N–H and O–H groups in total. The minimum atomic E-state index is -0.188. The van der Waals surface area contributed by atoms with Crippen LogP contribution in [0.2, 0.25) is 0 Å². The van der Waals surface area contributed by atoms with Gasteiger partial charge in [0.2, 0.25) is 0 Å². The zero-order valence-corrected chi connectivity index (χ0v) is 14.8. The standard InChI is InChI=1S/C16H23N5O2.ClH/c1-3-10(4-2)14-7-11(23-21-14)8-18-16(22)15-12-9-17-6-5-13(12)19-20-15;/h7,10,17H,3-6,8-9H2,1-2H3,(H,18,22)(H,19,20);1H. The van der Waals surface area contributed by atoms with Crippen molar-refractivity contribution in [3.8, 4) is 0 Å². The van der Waals surface area contributed by atoms with Crippen molar-refractivity contribution >= 4 is 18.3 Å². The number of hydrogen-bond acceptors (Lipinski definition) is 5. The van der Waals surface area contributed by atoms with Crippen molar-refractivity contribution in [1.82, 2.24) is 26.0 Å². The number of nitrogens with one attached hydrogen (secondary N) is 3. The first kappa shape index (κ1) is 18.5. The third kappa shape index (κ3) is 3.79. The maximum Gasteiger partial charge on any atom is 0.272 e. The maximum absolute atomic E-state index is 12.3. The smallest absolute Gasteiger partial charge is 0.272 e. The summed E-state index contributed by atoms with van der Waals surface area (Å²) in [6, 6.07) is 1.93. The van der Waals surface area contributed by atoms with Gasteiger partial charge in [0.1, 0.15) is 0 Å². The van der Waals surface area contributed by atoms with Crippen LogP contribution in [0, 0.1) is 0 Å². The Morgan fingerprint density at radius 2 is 2.21 bits per heavy atom. The molecule has 3 heterocycles. The van der Waals surface area contributed by atoms with Crippen molar-refractivity contribution < 1.29 is 9.32 Å². The van der Waals surface area contributed by atoms with Crippen LogP contribution < -0.4 is 10.6 Å². The molecular weight excluding hydrogens is 330 g/mol. The topological polar surface area (TPSA) is 95.8 Å². The third-order valence-electron chi connectivity index (χ3n) is 4.43. The number of rotatable bonds is 6. The van der Waals surface area contributed by atoms with Crippen LogP contribution in [0.4, 0.5) is 0 Å². The lowest BCUT2D eigenvalue weighted by molar-refractivity contribution is 0.0941. The van der Waals surface area contributed by atoms with Crippen LogP contribution in [0.3, 0.4) is 0 Å². The normalized spacial score (nSPS) is 13.5. The molecule has 1 aliphatic heterocycles. The summed E-state index contributed by atoms with van der Waals surface area (Å²) < 4.78 is 5.32. The van der Waals surface area contributed by atoms with Crippen LogP contribution in [0.1, 0.15) is 65.8 Å². The lowest BCUT2D eigenvalue weighted by Gasteiger charge is -2.12. The monoisotopic (exact) mass is 353 g/mol. The lowest BCUT2D eigenvalue weighted by Crippen LogP contribution is -2.28. The fourth-order valence-electron chi connectivity index (χ4n) is 2.98. The van der Waals surface area contributed by atoms with Crippen molar-refractivity contribution in [2.75, 3.05) is 6.54 Å². The number of aromatic nitrogens is 3. The molecule has 0 aliphatic carbocycles. The lowest BCUT2D eigenvalue weighted by atomic mass is 9.99. The van der Waals surface area contributed by atoms with Crippen LogP contribution in [0.25, 0.3) is 0 Å². The second-order valence-electron chi connectivity index (χ2n) is 5.87. The van der Waals surface area contributed by atoms with E-state index in [2.05, 4.69) is 39.8 Å². The molecule has 2 aromatic rings. The number of fused-ring (bicyclic) bond motifs is 1. The van der Waals surface area contributed by atoms with E-state index in [1.54, 1.807) is 0 Å². The zero-order valence-electron chi connectivity index (χ0n) is 14.0. The number of H-pyrrole nitrogens is 1. The molecule has 0 fully saturated rings. The van der Waals surface area contributed by atoms with Gasteiger partial charge in [0.25, 0.3) is 5.91 Å². The van der Waals surface area contributed by atoms with Gasteiger partial charge in [0, 0.05) is 42.8 Å². The highest BCUT2D eigenvalue weighted by molar-refractivity contribution is 5.93. The van der Waals surface area contributed by atoms with Crippen LogP contribution in [0.15, 0.2) is 10.6 Å². The number of halogens is 1. The molecule has 1 aliphatic rings. The molecule has 0 aromatic carbocycles. The van der Waals surface area contributed by atoms with E-state index in [1.165, 1.54) is 0 Å². The SMILES string of the molecule is CCC(CC)c1cc(CNC(=O)c2n[nH]c3c2CNCC3)on1.Cl. The van der Waals surface area contributed by atoms with Gasteiger partial charge in [0.05, 0.1) is 12.2 Å². The van der Waals surface area contributed by atoms with Gasteiger partial charge in [-0.25, -0.2) is 0 Å². The van der Waals surface area contributed by atoms with Crippen LogP contribution >= 0.6 is 12.4 Å². The summed E-state index contributed by atoms with van der Waals surface area (Å²) in [7, 11) is 0. The molecule has 0 saturated heterocycles. The minimum absolute atomic E-state index is 0. The predicted molar refractivity (Wildman–Crippen MR) is 92.2 cm³/mol. The molecule has 8 heteroatoms. The van der Waals surface area contributed by atoms with E-state index in [9.17, 15) is 4.79 Å². The average Bonchev–Trinajstić information content (AvgIpc) is 3.21. The molecule has 0 unspecified atom stereocenters. The fourth-order valence-corrected chi connectivity index (χ4v) is 2.98. The fraction of sp³-hybridized carbons (Fsp3) is 0.562. The van der Waals surface area contributed by atoms with Crippen LogP contribution in [-0.4, -0.2) is 27.8 Å². The van der Waals surface area contributed by atoms with Crippen LogP contribution in [-0.2, 0) is 19.5 Å². The van der Waals surface area contributed by atoms with E-state index in [0.29, 0.717) is 30.5 Å². The minimum Gasteiger partial charge on any atom is -0.359 e. The second kappa shape index (κ2) is 8.30. The van der Waals surface area contributed by atoms with Crippen molar-refractivity contribution in [2.24, 2.45) is 0 Å². The molecule has 0 saturated carbocycles. The first-order valence-electron chi connectivity index (χ1n) is 8.23. The quantitative estimate of drug-likeness (QED) is 0.740. The molecule has 24 heavy (non-hydrogen) atoms. The van der Waals surface area contributed by atoms with Gasteiger partial charge in [-0.1, -0.05) is 19.0 Å². The van der Waals surface area contributed by atoms with Crippen LogP contribution in [0.5, 0.6) is 0 Å². The summed E-state index contributed by atoms with van der Waals surface area (Å²) in [6.07, 6.45) is 2.93. The van der Waals surface area contributed by atoms with Crippen molar-refractivity contribution in [2.45, 2.75) is 52.1 Å². The molecule has 132 valence electrons. The summed E-state index contributed by atoms with van der Waals surface area (Å²) in [5.41, 5.74) is 3.43. The Morgan fingerprint density at radius 3 is 2.96 bits per heavy atom. The van der Waals surface area contributed by atoms with E-state index < -0.39 is 0 Å². The largest absolute Gasteiger partial charge is 0.359 e. The summed E-state index contributed by atoms with van der Waals surface area (Å²) in [5, 5.41) is 17.3. The van der Waals surface area contributed by atoms with Gasteiger partial charge in [-0.15, -0.1) is 12.4 Å². The Balaban J connectivity index is 0.00000208. The summed E-state index contributed by atoms with van der Waals surface area (Å²) >= 11 is 0. The number of carbonyl (C=O) groups is 1. The number of carbonyl (C=O) groups excluding carboxylic acids is 1. The molecule has 1 amide bonds. The second-order valence-corrected chi connectivity index (χ2v) is 5.87. The van der Waals surface area contributed by atoms with Crippen molar-refractivity contribution in [3.63, 3.8) is 0 Å². The molecule has 0 spiro atoms. The highest BCUT2D eigenvalue weighted by atomic mass is 35.5. The van der Waals surface area contributed by atoms with Gasteiger partial charge >= 0.3 is 0 Å². The predicted octanol–water partition coefficient (Wildman–Crippen LogP) is 2.30. The van der Waals surface area contributed by atoms with Gasteiger partial charge in [-0.2, -0.15) is 5.10 Å². The Labute approximate surface area is 147 Å². The highest BCUT2D eigenvalue weighted by Gasteiger charge is 2.21. The number of nitrogens with zero attached hydrogens (tertiary/aromatic N) is 2. The first-order valence-corrected chi connectivity index (χ1v) is 8.23. The van der Waals surface area contributed by atoms with Gasteiger partial charge in [-0.05, 0) is 12.8 Å². The molecule has 0 atom stereocenters. The van der Waals surface area contributed by atoms with Crippen molar-refractivity contribution in [3.05, 3.63) is 34.5 Å². The molecule has 0 radical (unpaired) electrons. The Kier molecular flexibility index (Phi) is 6.39. The zero-order chi connectivity index (χ0) is 16.2. The van der Waals surface area contributed by atoms with Crippen molar-refractivity contribution in [1.29, 1.82) is 0 Å². The van der Waals surface area contributed by atoms with E-state index in [1.807, 2.05) is 6.07 Å². The number of hydrogen-bond donors (Lipinski definition) is 3.